The number of hydrogen-bond donors (Lipinski definition) is 1. The first-order chi connectivity index (χ1) is 10.1. The van der Waals surface area contributed by atoms with Crippen LogP contribution >= 0.6 is 0 Å². The third kappa shape index (κ3) is 2.81. The van der Waals surface area contributed by atoms with Crippen LogP contribution in [0.2, 0.25) is 0 Å². The Bertz CT molecular complexity index is 604. The van der Waals surface area contributed by atoms with Gasteiger partial charge in [-0.15, -0.1) is 0 Å². The van der Waals surface area contributed by atoms with E-state index in [9.17, 15) is 5.11 Å². The first-order valence-corrected chi connectivity index (χ1v) is 7.57. The van der Waals surface area contributed by atoms with Gasteiger partial charge in [-0.05, 0) is 29.9 Å². The minimum absolute atomic E-state index is 0.0631. The van der Waals surface area contributed by atoms with E-state index in [1.807, 2.05) is 36.4 Å². The second kappa shape index (κ2) is 5.53. The van der Waals surface area contributed by atoms with Crippen molar-refractivity contribution < 1.29 is 9.84 Å². The van der Waals surface area contributed by atoms with Crippen molar-refractivity contribution in [3.63, 3.8) is 0 Å². The molecule has 0 heterocycles. The molecule has 2 atom stereocenters. The lowest BCUT2D eigenvalue weighted by Gasteiger charge is -2.26. The van der Waals surface area contributed by atoms with Crippen molar-refractivity contribution in [1.29, 1.82) is 0 Å². The van der Waals surface area contributed by atoms with Crippen LogP contribution in [0.15, 0.2) is 54.6 Å². The average Bonchev–Trinajstić information content (AvgIpc) is 2.76. The van der Waals surface area contributed by atoms with E-state index >= 15 is 0 Å². The lowest BCUT2D eigenvalue weighted by Crippen LogP contribution is -2.34. The van der Waals surface area contributed by atoms with Crippen LogP contribution < -0.4 is 4.74 Å². The largest absolute Gasteiger partial charge is 0.487 e. The van der Waals surface area contributed by atoms with E-state index in [0.717, 1.165) is 29.7 Å². The summed E-state index contributed by atoms with van der Waals surface area (Å²) in [7, 11) is 0. The lowest BCUT2D eigenvalue weighted by molar-refractivity contribution is 0.00515. The minimum atomic E-state index is -0.415. The van der Waals surface area contributed by atoms with Crippen LogP contribution in [0, 0.1) is 5.41 Å². The molecule has 0 spiro atoms. The Hall–Kier alpha value is -1.80. The molecule has 0 amide bonds. The molecule has 0 aromatic heterocycles. The number of aliphatic hydroxyl groups excluding tert-OH is 1. The Kier molecular flexibility index (Phi) is 3.73. The molecule has 1 aliphatic carbocycles. The number of ether oxygens (including phenoxy) is 1. The predicted octanol–water partition coefficient (Wildman–Crippen LogP) is 4.28. The van der Waals surface area contributed by atoms with Crippen molar-refractivity contribution >= 4 is 0 Å². The summed E-state index contributed by atoms with van der Waals surface area (Å²) < 4.78 is 6.16. The van der Waals surface area contributed by atoms with Crippen molar-refractivity contribution in [2.45, 2.75) is 38.9 Å². The molecule has 1 aliphatic rings. The zero-order valence-electron chi connectivity index (χ0n) is 12.6. The molecule has 3 rings (SSSR count). The van der Waals surface area contributed by atoms with Crippen LogP contribution in [0.1, 0.15) is 26.7 Å². The van der Waals surface area contributed by atoms with Gasteiger partial charge in [0.15, 0.2) is 0 Å². The molecule has 0 saturated heterocycles. The van der Waals surface area contributed by atoms with Crippen molar-refractivity contribution in [3.05, 3.63) is 54.6 Å². The zero-order valence-corrected chi connectivity index (χ0v) is 12.6. The number of hydrogen-bond acceptors (Lipinski definition) is 2. The molecule has 21 heavy (non-hydrogen) atoms. The molecule has 1 fully saturated rings. The molecule has 0 aliphatic heterocycles. The fraction of sp³-hybridized carbons (Fsp3) is 0.368. The molecule has 2 unspecified atom stereocenters. The number of para-hydroxylation sites is 1. The first-order valence-electron chi connectivity index (χ1n) is 7.57. The summed E-state index contributed by atoms with van der Waals surface area (Å²) in [5.41, 5.74) is 2.15. The van der Waals surface area contributed by atoms with Crippen LogP contribution in [-0.4, -0.2) is 17.3 Å². The van der Waals surface area contributed by atoms with E-state index in [-0.39, 0.29) is 11.5 Å². The van der Waals surface area contributed by atoms with Crippen molar-refractivity contribution in [1.82, 2.24) is 0 Å². The van der Waals surface area contributed by atoms with E-state index in [1.54, 1.807) is 0 Å². The fourth-order valence-corrected chi connectivity index (χ4v) is 3.04. The van der Waals surface area contributed by atoms with Crippen LogP contribution in [-0.2, 0) is 0 Å². The minimum Gasteiger partial charge on any atom is -0.487 e. The van der Waals surface area contributed by atoms with Gasteiger partial charge in [0, 0.05) is 5.56 Å². The standard InChI is InChI=1S/C19H22O2/c1-19(2)13-12-17(18(19)20)21-16-11-7-6-10-15(16)14-8-4-3-5-9-14/h3-11,17-18,20H,12-13H2,1-2H3. The Morgan fingerprint density at radius 2 is 1.67 bits per heavy atom. The van der Waals surface area contributed by atoms with Gasteiger partial charge in [0.25, 0.3) is 0 Å². The monoisotopic (exact) mass is 282 g/mol. The molecular weight excluding hydrogens is 260 g/mol. The summed E-state index contributed by atoms with van der Waals surface area (Å²) in [6.45, 7) is 4.20. The van der Waals surface area contributed by atoms with Gasteiger partial charge in [0.1, 0.15) is 11.9 Å². The molecule has 1 N–H and O–H groups in total. The summed E-state index contributed by atoms with van der Waals surface area (Å²) in [5, 5.41) is 10.4. The highest BCUT2D eigenvalue weighted by Crippen LogP contribution is 2.40. The second-order valence-corrected chi connectivity index (χ2v) is 6.49. The number of benzene rings is 2. The van der Waals surface area contributed by atoms with Gasteiger partial charge in [-0.3, -0.25) is 0 Å². The highest BCUT2D eigenvalue weighted by Gasteiger charge is 2.42. The molecule has 0 radical (unpaired) electrons. The Morgan fingerprint density at radius 3 is 2.33 bits per heavy atom. The number of aliphatic hydroxyl groups is 1. The molecular formula is C19H22O2. The summed E-state index contributed by atoms with van der Waals surface area (Å²) in [4.78, 5) is 0. The molecule has 2 heteroatoms. The quantitative estimate of drug-likeness (QED) is 0.910. The van der Waals surface area contributed by atoms with E-state index < -0.39 is 6.10 Å². The number of rotatable bonds is 3. The maximum atomic E-state index is 10.4. The molecule has 2 aromatic carbocycles. The molecule has 2 aromatic rings. The zero-order chi connectivity index (χ0) is 14.9. The van der Waals surface area contributed by atoms with Crippen LogP contribution in [0.3, 0.4) is 0 Å². The summed E-state index contributed by atoms with van der Waals surface area (Å²) in [6.07, 6.45) is 1.36. The van der Waals surface area contributed by atoms with Gasteiger partial charge in [0.05, 0.1) is 6.10 Å². The fourth-order valence-electron chi connectivity index (χ4n) is 3.04. The van der Waals surface area contributed by atoms with Gasteiger partial charge in [-0.25, -0.2) is 0 Å². The molecule has 110 valence electrons. The molecule has 2 nitrogen and oxygen atoms in total. The van der Waals surface area contributed by atoms with Gasteiger partial charge >= 0.3 is 0 Å². The SMILES string of the molecule is CC1(C)CCC(Oc2ccccc2-c2ccccc2)C1O. The van der Waals surface area contributed by atoms with Gasteiger partial charge in [-0.1, -0.05) is 62.4 Å². The predicted molar refractivity (Wildman–Crippen MR) is 85.3 cm³/mol. The Balaban J connectivity index is 1.87. The summed E-state index contributed by atoms with van der Waals surface area (Å²) in [5.74, 6) is 0.852. The summed E-state index contributed by atoms with van der Waals surface area (Å²) in [6, 6.07) is 18.3. The first kappa shape index (κ1) is 14.2. The third-order valence-electron chi connectivity index (χ3n) is 4.48. The maximum Gasteiger partial charge on any atom is 0.127 e. The topological polar surface area (TPSA) is 29.5 Å². The highest BCUT2D eigenvalue weighted by atomic mass is 16.5. The van der Waals surface area contributed by atoms with E-state index in [1.165, 1.54) is 0 Å². The van der Waals surface area contributed by atoms with Crippen LogP contribution in [0.4, 0.5) is 0 Å². The van der Waals surface area contributed by atoms with Gasteiger partial charge < -0.3 is 9.84 Å². The Morgan fingerprint density at radius 1 is 1.00 bits per heavy atom. The van der Waals surface area contributed by atoms with Crippen LogP contribution in [0.25, 0.3) is 11.1 Å². The van der Waals surface area contributed by atoms with E-state index in [0.29, 0.717) is 0 Å². The van der Waals surface area contributed by atoms with Crippen LogP contribution in [0.5, 0.6) is 5.75 Å². The van der Waals surface area contributed by atoms with Crippen molar-refractivity contribution in [2.24, 2.45) is 5.41 Å². The van der Waals surface area contributed by atoms with E-state index in [2.05, 4.69) is 32.0 Å². The van der Waals surface area contributed by atoms with Gasteiger partial charge in [0.2, 0.25) is 0 Å². The van der Waals surface area contributed by atoms with Crippen molar-refractivity contribution in [2.75, 3.05) is 0 Å². The molecule has 0 bridgehead atoms. The Labute approximate surface area is 126 Å². The van der Waals surface area contributed by atoms with Gasteiger partial charge in [-0.2, -0.15) is 0 Å². The average molecular weight is 282 g/mol. The third-order valence-corrected chi connectivity index (χ3v) is 4.48. The second-order valence-electron chi connectivity index (χ2n) is 6.49. The summed E-state index contributed by atoms with van der Waals surface area (Å²) >= 11 is 0. The molecule has 1 saturated carbocycles. The maximum absolute atomic E-state index is 10.4. The van der Waals surface area contributed by atoms with E-state index in [4.69, 9.17) is 4.74 Å². The lowest BCUT2D eigenvalue weighted by atomic mass is 9.89. The van der Waals surface area contributed by atoms with Crippen molar-refractivity contribution in [3.8, 4) is 16.9 Å². The highest BCUT2D eigenvalue weighted by molar-refractivity contribution is 5.70. The smallest absolute Gasteiger partial charge is 0.127 e. The normalized spacial score (nSPS) is 24.0.